The van der Waals surface area contributed by atoms with Crippen LogP contribution >= 0.6 is 23.4 Å². The zero-order chi connectivity index (χ0) is 19.2. The maximum Gasteiger partial charge on any atom is 0.242 e. The summed E-state index contributed by atoms with van der Waals surface area (Å²) in [6.45, 7) is 2.62. The molecule has 3 rings (SSSR count). The molecule has 1 N–H and O–H groups in total. The Bertz CT molecular complexity index is 700. The molecular formula is C20H26ClN3O2S. The molecule has 1 aliphatic carbocycles. The van der Waals surface area contributed by atoms with E-state index in [0.29, 0.717) is 17.3 Å². The first-order chi connectivity index (χ1) is 13.1. The molecule has 2 amide bonds. The highest BCUT2D eigenvalue weighted by Gasteiger charge is 2.42. The van der Waals surface area contributed by atoms with Crippen LogP contribution in [-0.2, 0) is 9.59 Å². The van der Waals surface area contributed by atoms with Gasteiger partial charge in [0.1, 0.15) is 5.25 Å². The van der Waals surface area contributed by atoms with E-state index >= 15 is 0 Å². The molecule has 0 aromatic heterocycles. The topological polar surface area (TPSA) is 61.8 Å². The quantitative estimate of drug-likeness (QED) is 0.719. The van der Waals surface area contributed by atoms with E-state index < -0.39 is 5.25 Å². The average Bonchev–Trinajstić information content (AvgIpc) is 2.82. The van der Waals surface area contributed by atoms with E-state index in [9.17, 15) is 9.59 Å². The molecule has 1 aromatic carbocycles. The van der Waals surface area contributed by atoms with Crippen LogP contribution in [0.2, 0.25) is 5.02 Å². The number of hydrogen-bond donors (Lipinski definition) is 1. The summed E-state index contributed by atoms with van der Waals surface area (Å²) < 4.78 is 0. The fourth-order valence-electron chi connectivity index (χ4n) is 3.63. The van der Waals surface area contributed by atoms with Crippen molar-refractivity contribution in [1.29, 1.82) is 0 Å². The van der Waals surface area contributed by atoms with E-state index in [1.165, 1.54) is 24.6 Å². The summed E-state index contributed by atoms with van der Waals surface area (Å²) in [5.74, 6) is -0.132. The second-order valence-corrected chi connectivity index (χ2v) is 8.58. The smallest absolute Gasteiger partial charge is 0.242 e. The van der Waals surface area contributed by atoms with Crippen molar-refractivity contribution in [3.05, 3.63) is 29.3 Å². The van der Waals surface area contributed by atoms with Gasteiger partial charge in [-0.1, -0.05) is 49.0 Å². The molecule has 0 spiro atoms. The standard InChI is InChI=1S/C20H26ClN3O2S/c1-2-22-20-24(16-7-5-3-4-6-8-16)19(26)17(27-20)13-18(25)23-15-11-9-14(21)10-12-15/h9-12,16-17H,2-8,13H2,1H3,(H,23,25). The molecule has 5 nitrogen and oxygen atoms in total. The van der Waals surface area contributed by atoms with Crippen LogP contribution in [0, 0.1) is 0 Å². The number of hydrogen-bond acceptors (Lipinski definition) is 4. The van der Waals surface area contributed by atoms with Crippen LogP contribution in [0.3, 0.4) is 0 Å². The predicted octanol–water partition coefficient (Wildman–Crippen LogP) is 4.71. The second kappa shape index (κ2) is 9.60. The van der Waals surface area contributed by atoms with Gasteiger partial charge in [0.2, 0.25) is 11.8 Å². The van der Waals surface area contributed by atoms with E-state index in [4.69, 9.17) is 11.6 Å². The number of amidine groups is 1. The molecule has 1 heterocycles. The molecule has 27 heavy (non-hydrogen) atoms. The van der Waals surface area contributed by atoms with Gasteiger partial charge in [0.05, 0.1) is 0 Å². The minimum atomic E-state index is -0.397. The highest BCUT2D eigenvalue weighted by molar-refractivity contribution is 8.15. The molecule has 2 aliphatic rings. The zero-order valence-corrected chi connectivity index (χ0v) is 17.2. The van der Waals surface area contributed by atoms with Crippen LogP contribution in [0.4, 0.5) is 5.69 Å². The van der Waals surface area contributed by atoms with Crippen LogP contribution < -0.4 is 5.32 Å². The lowest BCUT2D eigenvalue weighted by Crippen LogP contribution is -2.41. The highest BCUT2D eigenvalue weighted by Crippen LogP contribution is 2.35. The molecule has 0 radical (unpaired) electrons. The van der Waals surface area contributed by atoms with Crippen LogP contribution in [0.15, 0.2) is 29.3 Å². The Labute approximate surface area is 169 Å². The number of nitrogens with one attached hydrogen (secondary N) is 1. The average molecular weight is 408 g/mol. The number of nitrogens with zero attached hydrogens (tertiary/aromatic N) is 2. The molecule has 1 unspecified atom stereocenters. The minimum absolute atomic E-state index is 0.0327. The van der Waals surface area contributed by atoms with Crippen molar-refractivity contribution in [2.75, 3.05) is 11.9 Å². The second-order valence-electron chi connectivity index (χ2n) is 6.98. The Morgan fingerprint density at radius 3 is 2.52 bits per heavy atom. The summed E-state index contributed by atoms with van der Waals surface area (Å²) in [5.41, 5.74) is 0.683. The lowest BCUT2D eigenvalue weighted by molar-refractivity contribution is -0.129. The van der Waals surface area contributed by atoms with E-state index in [-0.39, 0.29) is 24.3 Å². The van der Waals surface area contributed by atoms with Crippen LogP contribution in [0.1, 0.15) is 51.9 Å². The fourth-order valence-corrected chi connectivity index (χ4v) is 5.01. The van der Waals surface area contributed by atoms with Gasteiger partial charge in [-0.2, -0.15) is 0 Å². The van der Waals surface area contributed by atoms with Gasteiger partial charge in [0.15, 0.2) is 5.17 Å². The number of rotatable bonds is 5. The van der Waals surface area contributed by atoms with Gasteiger partial charge < -0.3 is 5.32 Å². The van der Waals surface area contributed by atoms with Gasteiger partial charge in [-0.05, 0) is 44.0 Å². The summed E-state index contributed by atoms with van der Waals surface area (Å²) in [5, 5.41) is 3.86. The van der Waals surface area contributed by atoms with Crippen molar-refractivity contribution in [3.8, 4) is 0 Å². The number of aliphatic imine (C=N–C) groups is 1. The Kier molecular flexibility index (Phi) is 7.19. The third-order valence-corrected chi connectivity index (χ3v) is 6.39. The largest absolute Gasteiger partial charge is 0.326 e. The normalized spacial score (nSPS) is 22.9. The lowest BCUT2D eigenvalue weighted by atomic mass is 10.1. The minimum Gasteiger partial charge on any atom is -0.326 e. The Balaban J connectivity index is 1.66. The molecule has 1 aliphatic heterocycles. The number of thioether (sulfide) groups is 1. The Hall–Kier alpha value is -1.53. The number of carbonyl (C=O) groups is 2. The van der Waals surface area contributed by atoms with Crippen molar-refractivity contribution in [1.82, 2.24) is 4.90 Å². The van der Waals surface area contributed by atoms with Crippen LogP contribution in [-0.4, -0.2) is 39.7 Å². The predicted molar refractivity (Wildman–Crippen MR) is 112 cm³/mol. The maximum atomic E-state index is 13.1. The van der Waals surface area contributed by atoms with Gasteiger partial charge >= 0.3 is 0 Å². The highest BCUT2D eigenvalue weighted by atomic mass is 35.5. The van der Waals surface area contributed by atoms with Crippen LogP contribution in [0.25, 0.3) is 0 Å². The first kappa shape index (κ1) is 20.2. The van der Waals surface area contributed by atoms with Gasteiger partial charge in [-0.3, -0.25) is 19.5 Å². The molecule has 1 aromatic rings. The molecule has 7 heteroatoms. The van der Waals surface area contributed by atoms with Crippen LogP contribution in [0.5, 0.6) is 0 Å². The third kappa shape index (κ3) is 5.26. The van der Waals surface area contributed by atoms with Gasteiger partial charge in [0.25, 0.3) is 0 Å². The molecule has 2 fully saturated rings. The third-order valence-electron chi connectivity index (χ3n) is 4.95. The Morgan fingerprint density at radius 2 is 1.89 bits per heavy atom. The van der Waals surface area contributed by atoms with Crippen molar-refractivity contribution in [2.24, 2.45) is 4.99 Å². The molecule has 0 bridgehead atoms. The number of halogens is 1. The SMILES string of the molecule is CCN=C1SC(CC(=O)Nc2ccc(Cl)cc2)C(=O)N1C1CCCCCC1. The van der Waals surface area contributed by atoms with Crippen molar-refractivity contribution < 1.29 is 9.59 Å². The summed E-state index contributed by atoms with van der Waals surface area (Å²) in [7, 11) is 0. The summed E-state index contributed by atoms with van der Waals surface area (Å²) >= 11 is 7.31. The fraction of sp³-hybridized carbons (Fsp3) is 0.550. The lowest BCUT2D eigenvalue weighted by Gasteiger charge is -2.26. The molecular weight excluding hydrogens is 382 g/mol. The first-order valence-corrected chi connectivity index (χ1v) is 10.9. The molecule has 1 saturated carbocycles. The Morgan fingerprint density at radius 1 is 1.22 bits per heavy atom. The van der Waals surface area contributed by atoms with E-state index in [2.05, 4.69) is 10.3 Å². The number of anilines is 1. The van der Waals surface area contributed by atoms with Gasteiger partial charge in [-0.15, -0.1) is 0 Å². The maximum absolute atomic E-state index is 13.1. The molecule has 1 saturated heterocycles. The van der Waals surface area contributed by atoms with E-state index in [1.54, 1.807) is 24.3 Å². The van der Waals surface area contributed by atoms with Gasteiger partial charge in [-0.25, -0.2) is 0 Å². The van der Waals surface area contributed by atoms with E-state index in [0.717, 1.165) is 30.9 Å². The number of benzene rings is 1. The van der Waals surface area contributed by atoms with Crippen molar-refractivity contribution in [2.45, 2.75) is 63.2 Å². The summed E-state index contributed by atoms with van der Waals surface area (Å²) in [4.78, 5) is 31.9. The summed E-state index contributed by atoms with van der Waals surface area (Å²) in [6, 6.07) is 7.19. The summed E-state index contributed by atoms with van der Waals surface area (Å²) in [6.07, 6.45) is 6.98. The first-order valence-electron chi connectivity index (χ1n) is 9.68. The molecule has 1 atom stereocenters. The number of carbonyl (C=O) groups excluding carboxylic acids is 2. The molecule has 146 valence electrons. The number of amides is 2. The van der Waals surface area contributed by atoms with Crippen molar-refractivity contribution in [3.63, 3.8) is 0 Å². The van der Waals surface area contributed by atoms with Gasteiger partial charge in [0, 0.05) is 29.7 Å². The van der Waals surface area contributed by atoms with E-state index in [1.807, 2.05) is 11.8 Å². The monoisotopic (exact) mass is 407 g/mol. The van der Waals surface area contributed by atoms with Crippen molar-refractivity contribution >= 4 is 46.0 Å². The zero-order valence-electron chi connectivity index (χ0n) is 15.6.